The number of hydrogen-bond acceptors (Lipinski definition) is 1. The maximum Gasteiger partial charge on any atom is 0.124 e. The molecular weight excluding hydrogens is 273 g/mol. The average Bonchev–Trinajstić information content (AvgIpc) is 2.41. The summed E-state index contributed by atoms with van der Waals surface area (Å²) in [6.45, 7) is 5.35. The van der Waals surface area contributed by atoms with Crippen LogP contribution in [0.3, 0.4) is 0 Å². The number of hydrogen-bond donors (Lipinski definition) is 1. The van der Waals surface area contributed by atoms with E-state index >= 15 is 0 Å². The Morgan fingerprint density at radius 3 is 2.65 bits per heavy atom. The van der Waals surface area contributed by atoms with Crippen LogP contribution >= 0.6 is 11.6 Å². The van der Waals surface area contributed by atoms with Gasteiger partial charge in [0.2, 0.25) is 0 Å². The van der Waals surface area contributed by atoms with E-state index in [9.17, 15) is 4.39 Å². The predicted octanol–water partition coefficient (Wildman–Crippen LogP) is 4.67. The molecule has 0 aromatic heterocycles. The molecule has 0 spiro atoms. The van der Waals surface area contributed by atoms with Gasteiger partial charge in [-0.15, -0.1) is 0 Å². The summed E-state index contributed by atoms with van der Waals surface area (Å²) in [6.07, 6.45) is 4.63. The molecule has 3 atom stereocenters. The Balaban J connectivity index is 2.11. The van der Waals surface area contributed by atoms with Crippen molar-refractivity contribution in [3.8, 4) is 0 Å². The third-order valence-electron chi connectivity index (χ3n) is 4.92. The van der Waals surface area contributed by atoms with E-state index < -0.39 is 0 Å². The van der Waals surface area contributed by atoms with Crippen molar-refractivity contribution in [1.82, 2.24) is 0 Å². The van der Waals surface area contributed by atoms with Gasteiger partial charge >= 0.3 is 0 Å². The number of nitrogens with two attached hydrogens (primary N) is 1. The van der Waals surface area contributed by atoms with Crippen LogP contribution in [0.15, 0.2) is 18.2 Å². The molecule has 1 aromatic rings. The van der Waals surface area contributed by atoms with Crippen LogP contribution in [0.1, 0.15) is 38.7 Å². The summed E-state index contributed by atoms with van der Waals surface area (Å²) < 4.78 is 13.1. The van der Waals surface area contributed by atoms with Crippen molar-refractivity contribution in [2.24, 2.45) is 29.4 Å². The van der Waals surface area contributed by atoms with E-state index in [1.54, 1.807) is 0 Å². The second-order valence-electron chi connectivity index (χ2n) is 6.51. The van der Waals surface area contributed by atoms with Gasteiger partial charge in [-0.1, -0.05) is 31.5 Å². The zero-order valence-electron chi connectivity index (χ0n) is 12.4. The number of halogens is 2. The Morgan fingerprint density at radius 2 is 2.05 bits per heavy atom. The zero-order valence-corrected chi connectivity index (χ0v) is 13.2. The highest BCUT2D eigenvalue weighted by Gasteiger charge is 2.31. The molecule has 1 nitrogen and oxygen atoms in total. The zero-order chi connectivity index (χ0) is 14.7. The first kappa shape index (κ1) is 15.8. The Bertz CT molecular complexity index is 447. The monoisotopic (exact) mass is 297 g/mol. The molecule has 112 valence electrons. The van der Waals surface area contributed by atoms with Gasteiger partial charge in [0, 0.05) is 5.02 Å². The van der Waals surface area contributed by atoms with E-state index in [-0.39, 0.29) is 5.82 Å². The second kappa shape index (κ2) is 6.91. The molecule has 0 heterocycles. The number of rotatable bonds is 4. The lowest BCUT2D eigenvalue weighted by molar-refractivity contribution is 0.151. The summed E-state index contributed by atoms with van der Waals surface area (Å²) in [4.78, 5) is 0. The van der Waals surface area contributed by atoms with Gasteiger partial charge < -0.3 is 5.73 Å². The molecule has 2 rings (SSSR count). The van der Waals surface area contributed by atoms with Crippen LogP contribution in [-0.4, -0.2) is 6.54 Å². The standard InChI is InChI=1S/C17H25ClFN/c1-11(2)12-3-4-14(10-20)15(7-12)8-13-5-6-16(19)9-17(13)18/h5-6,9,11-12,14-15H,3-4,7-8,10,20H2,1-2H3. The molecule has 1 aliphatic carbocycles. The fourth-order valence-electron chi connectivity index (χ4n) is 3.50. The van der Waals surface area contributed by atoms with Crippen molar-refractivity contribution < 1.29 is 4.39 Å². The van der Waals surface area contributed by atoms with Crippen LogP contribution < -0.4 is 5.73 Å². The Hall–Kier alpha value is -0.600. The lowest BCUT2D eigenvalue weighted by Gasteiger charge is -2.37. The Morgan fingerprint density at radius 1 is 1.30 bits per heavy atom. The highest BCUT2D eigenvalue weighted by Crippen LogP contribution is 2.39. The maximum absolute atomic E-state index is 13.1. The smallest absolute Gasteiger partial charge is 0.124 e. The minimum atomic E-state index is -0.266. The van der Waals surface area contributed by atoms with Crippen molar-refractivity contribution in [1.29, 1.82) is 0 Å². The van der Waals surface area contributed by atoms with Crippen molar-refractivity contribution >= 4 is 11.6 Å². The van der Waals surface area contributed by atoms with Gasteiger partial charge in [0.25, 0.3) is 0 Å². The molecule has 1 aliphatic rings. The summed E-state index contributed by atoms with van der Waals surface area (Å²) in [6, 6.07) is 4.74. The van der Waals surface area contributed by atoms with E-state index in [1.165, 1.54) is 31.4 Å². The summed E-state index contributed by atoms with van der Waals surface area (Å²) in [5, 5.41) is 0.549. The quantitative estimate of drug-likeness (QED) is 0.859. The van der Waals surface area contributed by atoms with Gasteiger partial charge in [0.05, 0.1) is 0 Å². The van der Waals surface area contributed by atoms with Crippen molar-refractivity contribution in [2.75, 3.05) is 6.54 Å². The van der Waals surface area contributed by atoms with Crippen molar-refractivity contribution in [2.45, 2.75) is 39.5 Å². The van der Waals surface area contributed by atoms with E-state index in [0.717, 1.165) is 30.4 Å². The summed E-state index contributed by atoms with van der Waals surface area (Å²) >= 11 is 6.17. The van der Waals surface area contributed by atoms with Gasteiger partial charge in [-0.25, -0.2) is 4.39 Å². The minimum Gasteiger partial charge on any atom is -0.330 e. The first-order valence-electron chi connectivity index (χ1n) is 7.65. The molecule has 2 N–H and O–H groups in total. The van der Waals surface area contributed by atoms with E-state index in [2.05, 4.69) is 13.8 Å². The minimum absolute atomic E-state index is 0.266. The molecular formula is C17H25ClFN. The average molecular weight is 298 g/mol. The van der Waals surface area contributed by atoms with Crippen molar-refractivity contribution in [3.05, 3.63) is 34.6 Å². The SMILES string of the molecule is CC(C)C1CCC(CN)C(Cc2ccc(F)cc2Cl)C1. The van der Waals surface area contributed by atoms with Gasteiger partial charge in [-0.2, -0.15) is 0 Å². The third kappa shape index (κ3) is 3.73. The van der Waals surface area contributed by atoms with Gasteiger partial charge in [0.15, 0.2) is 0 Å². The first-order valence-corrected chi connectivity index (χ1v) is 8.03. The largest absolute Gasteiger partial charge is 0.330 e. The molecule has 0 radical (unpaired) electrons. The van der Waals surface area contributed by atoms with Gasteiger partial charge in [0.1, 0.15) is 5.82 Å². The fraction of sp³-hybridized carbons (Fsp3) is 0.647. The van der Waals surface area contributed by atoms with E-state index in [1.807, 2.05) is 6.07 Å². The Labute approximate surface area is 126 Å². The van der Waals surface area contributed by atoms with Gasteiger partial charge in [-0.05, 0) is 73.6 Å². The molecule has 1 fully saturated rings. The van der Waals surface area contributed by atoms with Crippen LogP contribution in [0.5, 0.6) is 0 Å². The molecule has 1 aromatic carbocycles. The third-order valence-corrected chi connectivity index (χ3v) is 5.28. The molecule has 3 heteroatoms. The summed E-state index contributed by atoms with van der Waals surface area (Å²) in [5.41, 5.74) is 6.99. The second-order valence-corrected chi connectivity index (χ2v) is 6.92. The molecule has 1 saturated carbocycles. The normalized spacial score (nSPS) is 27.0. The summed E-state index contributed by atoms with van der Waals surface area (Å²) in [5.74, 6) is 2.38. The first-order chi connectivity index (χ1) is 9.51. The van der Waals surface area contributed by atoms with Crippen LogP contribution in [0.25, 0.3) is 0 Å². The summed E-state index contributed by atoms with van der Waals surface area (Å²) in [7, 11) is 0. The molecule has 0 saturated heterocycles. The maximum atomic E-state index is 13.1. The van der Waals surface area contributed by atoms with Crippen molar-refractivity contribution in [3.63, 3.8) is 0 Å². The predicted molar refractivity (Wildman–Crippen MR) is 83.3 cm³/mol. The molecule has 20 heavy (non-hydrogen) atoms. The Kier molecular flexibility index (Phi) is 5.45. The van der Waals surface area contributed by atoms with Gasteiger partial charge in [-0.3, -0.25) is 0 Å². The van der Waals surface area contributed by atoms with Crippen LogP contribution in [0, 0.1) is 29.5 Å². The molecule has 0 bridgehead atoms. The van der Waals surface area contributed by atoms with Crippen LogP contribution in [0.4, 0.5) is 4.39 Å². The topological polar surface area (TPSA) is 26.0 Å². The highest BCUT2D eigenvalue weighted by atomic mass is 35.5. The van der Waals surface area contributed by atoms with Crippen LogP contribution in [-0.2, 0) is 6.42 Å². The number of benzene rings is 1. The molecule has 0 amide bonds. The highest BCUT2D eigenvalue weighted by molar-refractivity contribution is 6.31. The van der Waals surface area contributed by atoms with Crippen LogP contribution in [0.2, 0.25) is 5.02 Å². The fourth-order valence-corrected chi connectivity index (χ4v) is 3.74. The molecule has 3 unspecified atom stereocenters. The van der Waals surface area contributed by atoms with E-state index in [0.29, 0.717) is 16.9 Å². The van der Waals surface area contributed by atoms with E-state index in [4.69, 9.17) is 17.3 Å². The lowest BCUT2D eigenvalue weighted by atomic mass is 9.69. The lowest BCUT2D eigenvalue weighted by Crippen LogP contribution is -2.33. The molecule has 0 aliphatic heterocycles.